The van der Waals surface area contributed by atoms with Crippen molar-refractivity contribution in [1.29, 1.82) is 0 Å². The molecule has 0 saturated heterocycles. The van der Waals surface area contributed by atoms with Gasteiger partial charge < -0.3 is 19.1 Å². The zero-order valence-corrected chi connectivity index (χ0v) is 17.9. The number of hydrogen-bond acceptors (Lipinski definition) is 4. The summed E-state index contributed by atoms with van der Waals surface area (Å²) in [4.78, 5) is 23.9. The van der Waals surface area contributed by atoms with Gasteiger partial charge in [0.25, 0.3) is 0 Å². The zero-order valence-electron chi connectivity index (χ0n) is 17.1. The third kappa shape index (κ3) is 4.33. The maximum absolute atomic E-state index is 12.4. The fourth-order valence-electron chi connectivity index (χ4n) is 3.71. The molecular weight excluding hydrogens is 394 g/mol. The van der Waals surface area contributed by atoms with Crippen LogP contribution in [0.5, 0.6) is 5.75 Å². The molecule has 7 heteroatoms. The highest BCUT2D eigenvalue weighted by atomic mass is 35.5. The molecule has 156 valence electrons. The first kappa shape index (κ1) is 21.4. The van der Waals surface area contributed by atoms with E-state index in [1.54, 1.807) is 13.2 Å². The van der Waals surface area contributed by atoms with Crippen LogP contribution in [-0.2, 0) is 11.2 Å². The number of ether oxygens (including phenoxy) is 2. The topological polar surface area (TPSA) is 77.8 Å². The van der Waals surface area contributed by atoms with Gasteiger partial charge in [-0.05, 0) is 29.5 Å². The monoisotopic (exact) mass is 419 g/mol. The number of carboxylic acid groups (broad SMARTS) is 1. The van der Waals surface area contributed by atoms with Crippen LogP contribution in [0, 0.1) is 5.41 Å². The Morgan fingerprint density at radius 2 is 2.00 bits per heavy atom. The van der Waals surface area contributed by atoms with Crippen molar-refractivity contribution >= 4 is 17.6 Å². The van der Waals surface area contributed by atoms with Crippen LogP contribution in [-0.4, -0.2) is 36.0 Å². The van der Waals surface area contributed by atoms with Gasteiger partial charge >= 0.3 is 5.97 Å². The quantitative estimate of drug-likeness (QED) is 0.701. The molecule has 3 rings (SSSR count). The first-order valence-corrected chi connectivity index (χ1v) is 9.95. The van der Waals surface area contributed by atoms with Crippen LogP contribution in [0.4, 0.5) is 0 Å². The average molecular weight is 420 g/mol. The highest BCUT2D eigenvalue weighted by Gasteiger charge is 2.34. The first-order chi connectivity index (χ1) is 13.6. The Labute approximate surface area is 175 Å². The molecule has 0 saturated carbocycles. The lowest BCUT2D eigenvalue weighted by molar-refractivity contribution is 0.0693. The second kappa shape index (κ2) is 8.20. The molecule has 1 N–H and O–H groups in total. The highest BCUT2D eigenvalue weighted by molar-refractivity contribution is 6.32. The number of nitrogens with zero attached hydrogens (tertiary/aromatic N) is 1. The number of halogens is 1. The molecule has 1 atom stereocenters. The van der Waals surface area contributed by atoms with Crippen molar-refractivity contribution in [3.8, 4) is 17.0 Å². The van der Waals surface area contributed by atoms with Gasteiger partial charge in [0.1, 0.15) is 11.3 Å². The summed E-state index contributed by atoms with van der Waals surface area (Å²) in [5, 5.41) is 9.85. The Kier molecular flexibility index (Phi) is 6.05. The summed E-state index contributed by atoms with van der Waals surface area (Å²) in [5.74, 6) is -0.617. The zero-order chi connectivity index (χ0) is 21.3. The number of aromatic carboxylic acids is 1. The summed E-state index contributed by atoms with van der Waals surface area (Å²) in [6, 6.07) is 5.11. The Morgan fingerprint density at radius 1 is 1.28 bits per heavy atom. The Hall–Kier alpha value is -2.31. The molecule has 1 aromatic heterocycles. The van der Waals surface area contributed by atoms with Crippen LogP contribution in [0.15, 0.2) is 29.2 Å². The third-order valence-electron chi connectivity index (χ3n) is 5.24. The Bertz CT molecular complexity index is 990. The van der Waals surface area contributed by atoms with E-state index in [4.69, 9.17) is 21.1 Å². The van der Waals surface area contributed by atoms with Crippen LogP contribution in [0.1, 0.15) is 49.2 Å². The van der Waals surface area contributed by atoms with E-state index in [1.807, 2.05) is 10.6 Å². The molecule has 29 heavy (non-hydrogen) atoms. The normalized spacial score (nSPS) is 15.6. The maximum atomic E-state index is 12.4. The lowest BCUT2D eigenvalue weighted by Crippen LogP contribution is -2.32. The molecule has 0 bridgehead atoms. The molecule has 1 aliphatic rings. The van der Waals surface area contributed by atoms with Gasteiger partial charge in [0, 0.05) is 44.0 Å². The fourth-order valence-corrected chi connectivity index (χ4v) is 3.93. The molecule has 0 aliphatic carbocycles. The Balaban J connectivity index is 2.11. The van der Waals surface area contributed by atoms with E-state index < -0.39 is 11.4 Å². The third-order valence-corrected chi connectivity index (χ3v) is 5.54. The van der Waals surface area contributed by atoms with E-state index >= 15 is 0 Å². The van der Waals surface area contributed by atoms with Crippen molar-refractivity contribution in [3.05, 3.63) is 50.8 Å². The van der Waals surface area contributed by atoms with Crippen molar-refractivity contribution in [3.63, 3.8) is 0 Å². The van der Waals surface area contributed by atoms with Crippen LogP contribution in [0.2, 0.25) is 5.02 Å². The van der Waals surface area contributed by atoms with Crippen molar-refractivity contribution < 1.29 is 19.4 Å². The van der Waals surface area contributed by atoms with Crippen LogP contribution >= 0.6 is 11.6 Å². The highest BCUT2D eigenvalue weighted by Crippen LogP contribution is 2.44. The van der Waals surface area contributed by atoms with E-state index in [9.17, 15) is 14.7 Å². The van der Waals surface area contributed by atoms with Crippen molar-refractivity contribution in [2.24, 2.45) is 5.41 Å². The summed E-state index contributed by atoms with van der Waals surface area (Å²) >= 11 is 6.45. The number of benzene rings is 1. The Morgan fingerprint density at radius 3 is 2.62 bits per heavy atom. The van der Waals surface area contributed by atoms with Gasteiger partial charge in [0.15, 0.2) is 5.43 Å². The summed E-state index contributed by atoms with van der Waals surface area (Å²) in [6.45, 7) is 7.40. The number of hydrogen-bond donors (Lipinski definition) is 1. The van der Waals surface area contributed by atoms with E-state index in [1.165, 1.54) is 12.3 Å². The van der Waals surface area contributed by atoms with Crippen LogP contribution < -0.4 is 10.2 Å². The van der Waals surface area contributed by atoms with Gasteiger partial charge in [0.05, 0.1) is 17.3 Å². The number of methoxy groups -OCH3 is 1. The number of carboxylic acids is 1. The van der Waals surface area contributed by atoms with E-state index in [0.717, 1.165) is 17.5 Å². The van der Waals surface area contributed by atoms with Gasteiger partial charge in [-0.1, -0.05) is 32.4 Å². The number of rotatable bonds is 6. The van der Waals surface area contributed by atoms with Gasteiger partial charge in [0.2, 0.25) is 0 Å². The molecule has 1 unspecified atom stereocenters. The van der Waals surface area contributed by atoms with E-state index in [0.29, 0.717) is 36.1 Å². The predicted octanol–water partition coefficient (Wildman–Crippen LogP) is 4.43. The lowest BCUT2D eigenvalue weighted by Gasteiger charge is -2.39. The number of pyridine rings is 1. The molecule has 2 heterocycles. The smallest absolute Gasteiger partial charge is 0.341 e. The standard InChI is InChI=1S/C22H26ClNO5/c1-22(2,3)20-9-13-8-19(29-7-5-6-28-4)16(23)10-14(13)17-11-18(25)15(21(26)27)12-24(17)20/h8,10-12,20H,5-7,9H2,1-4H3,(H,26,27). The molecule has 1 aliphatic heterocycles. The number of aromatic nitrogens is 1. The number of carbonyl (C=O) groups is 1. The van der Waals surface area contributed by atoms with Gasteiger partial charge in [-0.2, -0.15) is 0 Å². The van der Waals surface area contributed by atoms with Gasteiger partial charge in [-0.15, -0.1) is 0 Å². The predicted molar refractivity (Wildman–Crippen MR) is 112 cm³/mol. The lowest BCUT2D eigenvalue weighted by atomic mass is 9.79. The van der Waals surface area contributed by atoms with Gasteiger partial charge in [-0.3, -0.25) is 4.79 Å². The molecule has 2 aromatic rings. The molecule has 1 aromatic carbocycles. The molecule has 0 fully saturated rings. The van der Waals surface area contributed by atoms with E-state index in [-0.39, 0.29) is 17.0 Å². The SMILES string of the molecule is COCCCOc1cc2c(cc1Cl)-c1cc(=O)c(C(=O)O)cn1C(C(C)(C)C)C2. The number of fused-ring (bicyclic) bond motifs is 3. The van der Waals surface area contributed by atoms with Crippen molar-refractivity contribution in [2.75, 3.05) is 20.3 Å². The molecule has 0 amide bonds. The van der Waals surface area contributed by atoms with Crippen molar-refractivity contribution in [1.82, 2.24) is 4.57 Å². The second-order valence-electron chi connectivity index (χ2n) is 8.37. The van der Waals surface area contributed by atoms with Crippen LogP contribution in [0.25, 0.3) is 11.3 Å². The first-order valence-electron chi connectivity index (χ1n) is 9.57. The molecule has 0 radical (unpaired) electrons. The second-order valence-corrected chi connectivity index (χ2v) is 8.78. The minimum absolute atomic E-state index is 0.0220. The minimum Gasteiger partial charge on any atom is -0.492 e. The maximum Gasteiger partial charge on any atom is 0.341 e. The van der Waals surface area contributed by atoms with E-state index in [2.05, 4.69) is 20.8 Å². The summed E-state index contributed by atoms with van der Waals surface area (Å²) in [5.41, 5.74) is 1.63. The summed E-state index contributed by atoms with van der Waals surface area (Å²) in [6.07, 6.45) is 2.89. The molecule has 0 spiro atoms. The largest absolute Gasteiger partial charge is 0.492 e. The minimum atomic E-state index is -1.22. The van der Waals surface area contributed by atoms with Crippen molar-refractivity contribution in [2.45, 2.75) is 39.7 Å². The molecule has 6 nitrogen and oxygen atoms in total. The summed E-state index contributed by atoms with van der Waals surface area (Å²) in [7, 11) is 1.65. The molecular formula is C22H26ClNO5. The van der Waals surface area contributed by atoms with Gasteiger partial charge in [-0.25, -0.2) is 4.79 Å². The average Bonchev–Trinajstić information content (AvgIpc) is 2.63. The fraction of sp³-hybridized carbons (Fsp3) is 0.455. The summed E-state index contributed by atoms with van der Waals surface area (Å²) < 4.78 is 12.8. The van der Waals surface area contributed by atoms with Crippen LogP contribution in [0.3, 0.4) is 0 Å².